The highest BCUT2D eigenvalue weighted by atomic mass is 19.1. The molecule has 150 valence electrons. The van der Waals surface area contributed by atoms with E-state index < -0.39 is 5.82 Å². The molecule has 1 aliphatic heterocycles. The molecule has 1 aliphatic rings. The molecule has 3 aromatic rings. The summed E-state index contributed by atoms with van der Waals surface area (Å²) in [6.45, 7) is 4.66. The Hall–Kier alpha value is -3.22. The largest absolute Gasteiger partial charge is 0.488 e. The number of pyridine rings is 2. The molecule has 3 heterocycles. The molecular formula is C22H22FN3O3. The lowest BCUT2D eigenvalue weighted by molar-refractivity contribution is -0.119. The van der Waals surface area contributed by atoms with Crippen LogP contribution in [0, 0.1) is 11.7 Å². The Kier molecular flexibility index (Phi) is 5.29. The van der Waals surface area contributed by atoms with Crippen LogP contribution in [0.1, 0.15) is 20.3 Å². The van der Waals surface area contributed by atoms with Gasteiger partial charge in [0.2, 0.25) is 11.8 Å². The highest BCUT2D eigenvalue weighted by Gasteiger charge is 2.22. The number of ether oxygens (including phenoxy) is 2. The van der Waals surface area contributed by atoms with E-state index in [1.54, 1.807) is 24.4 Å². The van der Waals surface area contributed by atoms with E-state index in [4.69, 9.17) is 9.47 Å². The second-order valence-corrected chi connectivity index (χ2v) is 7.38. The van der Waals surface area contributed by atoms with Crippen molar-refractivity contribution in [2.45, 2.75) is 26.4 Å². The minimum atomic E-state index is -0.447. The Balaban J connectivity index is 1.66. The van der Waals surface area contributed by atoms with Crippen LogP contribution < -0.4 is 14.8 Å². The van der Waals surface area contributed by atoms with Crippen LogP contribution in [-0.4, -0.2) is 35.1 Å². The van der Waals surface area contributed by atoms with Crippen LogP contribution in [0.5, 0.6) is 11.6 Å². The molecule has 1 amide bonds. The summed E-state index contributed by atoms with van der Waals surface area (Å²) in [6.07, 6.45) is 2.02. The number of carbonyl (C=O) groups excluding carboxylic acids is 1. The van der Waals surface area contributed by atoms with E-state index in [9.17, 15) is 9.18 Å². The zero-order valence-corrected chi connectivity index (χ0v) is 16.3. The lowest BCUT2D eigenvalue weighted by atomic mass is 10.1. The van der Waals surface area contributed by atoms with Gasteiger partial charge in [-0.1, -0.05) is 0 Å². The molecule has 0 spiro atoms. The molecule has 29 heavy (non-hydrogen) atoms. The molecule has 1 atom stereocenters. The summed E-state index contributed by atoms with van der Waals surface area (Å²) in [5.74, 6) is 0.318. The second-order valence-electron chi connectivity index (χ2n) is 7.38. The number of carbonyl (C=O) groups is 1. The number of benzene rings is 1. The number of fused-ring (bicyclic) bond motifs is 1. The van der Waals surface area contributed by atoms with Crippen LogP contribution in [0.25, 0.3) is 22.2 Å². The van der Waals surface area contributed by atoms with Gasteiger partial charge in [0.25, 0.3) is 0 Å². The number of aromatic nitrogens is 2. The van der Waals surface area contributed by atoms with Crippen molar-refractivity contribution in [3.8, 4) is 22.9 Å². The second kappa shape index (κ2) is 8.03. The minimum absolute atomic E-state index is 0.0333. The molecule has 0 radical (unpaired) electrons. The van der Waals surface area contributed by atoms with E-state index >= 15 is 0 Å². The van der Waals surface area contributed by atoms with Crippen LogP contribution >= 0.6 is 0 Å². The van der Waals surface area contributed by atoms with Gasteiger partial charge in [0.15, 0.2) is 11.6 Å². The standard InChI is InChI=1S/C22H22FN3O3/c1-13(2)29-20-6-5-15(9-17(20)23)18-10-19-16(4-3-7-24-19)22(26-18)28-12-14-8-21(27)25-11-14/h3-7,9-10,13-14H,8,11-12H2,1-2H3,(H,25,27)/t14-/m1/s1. The molecule has 6 nitrogen and oxygen atoms in total. The minimum Gasteiger partial charge on any atom is -0.488 e. The van der Waals surface area contributed by atoms with Crippen molar-refractivity contribution in [3.63, 3.8) is 0 Å². The summed E-state index contributed by atoms with van der Waals surface area (Å²) >= 11 is 0. The van der Waals surface area contributed by atoms with Crippen LogP contribution in [0.2, 0.25) is 0 Å². The molecule has 1 fully saturated rings. The lowest BCUT2D eigenvalue weighted by Crippen LogP contribution is -2.17. The molecule has 0 saturated carbocycles. The monoisotopic (exact) mass is 395 g/mol. The van der Waals surface area contributed by atoms with Gasteiger partial charge in [0.05, 0.1) is 29.3 Å². The van der Waals surface area contributed by atoms with Gasteiger partial charge in [0, 0.05) is 30.6 Å². The van der Waals surface area contributed by atoms with E-state index in [0.29, 0.717) is 42.2 Å². The van der Waals surface area contributed by atoms with Crippen LogP contribution in [-0.2, 0) is 4.79 Å². The Labute approximate surface area is 168 Å². The Morgan fingerprint density at radius 1 is 1.28 bits per heavy atom. The van der Waals surface area contributed by atoms with Gasteiger partial charge in [-0.15, -0.1) is 0 Å². The van der Waals surface area contributed by atoms with Gasteiger partial charge >= 0.3 is 0 Å². The highest BCUT2D eigenvalue weighted by Crippen LogP contribution is 2.31. The first-order chi connectivity index (χ1) is 14.0. The number of nitrogens with one attached hydrogen (secondary N) is 1. The molecule has 2 aromatic heterocycles. The van der Waals surface area contributed by atoms with E-state index in [0.717, 1.165) is 5.39 Å². The third-order valence-corrected chi connectivity index (χ3v) is 4.67. The van der Waals surface area contributed by atoms with Crippen molar-refractivity contribution < 1.29 is 18.7 Å². The maximum Gasteiger partial charge on any atom is 0.223 e. The Morgan fingerprint density at radius 3 is 2.86 bits per heavy atom. The zero-order chi connectivity index (χ0) is 20.4. The fourth-order valence-corrected chi connectivity index (χ4v) is 3.29. The van der Waals surface area contributed by atoms with Gasteiger partial charge in [-0.3, -0.25) is 9.78 Å². The molecular weight excluding hydrogens is 373 g/mol. The topological polar surface area (TPSA) is 73.3 Å². The SMILES string of the molecule is CC(C)Oc1ccc(-c2cc3ncccc3c(OC[C@H]3CNC(=O)C3)n2)cc1F. The number of halogens is 1. The van der Waals surface area contributed by atoms with Gasteiger partial charge in [-0.2, -0.15) is 0 Å². The predicted molar refractivity (Wildman–Crippen MR) is 107 cm³/mol. The van der Waals surface area contributed by atoms with E-state index in [1.807, 2.05) is 26.0 Å². The van der Waals surface area contributed by atoms with E-state index in [-0.39, 0.29) is 23.7 Å². The molecule has 1 N–H and O–H groups in total. The predicted octanol–water partition coefficient (Wildman–Crippen LogP) is 3.74. The number of nitrogens with zero attached hydrogens (tertiary/aromatic N) is 2. The molecule has 7 heteroatoms. The Bertz CT molecular complexity index is 1050. The van der Waals surface area contributed by atoms with Crippen molar-refractivity contribution in [1.82, 2.24) is 15.3 Å². The van der Waals surface area contributed by atoms with Crippen molar-refractivity contribution in [2.24, 2.45) is 5.92 Å². The van der Waals surface area contributed by atoms with Crippen LogP contribution in [0.4, 0.5) is 4.39 Å². The van der Waals surface area contributed by atoms with Crippen molar-refractivity contribution in [2.75, 3.05) is 13.2 Å². The molecule has 0 unspecified atom stereocenters. The lowest BCUT2D eigenvalue weighted by Gasteiger charge is -2.14. The molecule has 1 saturated heterocycles. The molecule has 0 aliphatic carbocycles. The first-order valence-electron chi connectivity index (χ1n) is 9.61. The third-order valence-electron chi connectivity index (χ3n) is 4.67. The Morgan fingerprint density at radius 2 is 2.14 bits per heavy atom. The molecule has 1 aromatic carbocycles. The number of amides is 1. The summed E-state index contributed by atoms with van der Waals surface area (Å²) in [4.78, 5) is 20.4. The van der Waals surface area contributed by atoms with Crippen molar-refractivity contribution in [3.05, 3.63) is 48.4 Å². The smallest absolute Gasteiger partial charge is 0.223 e. The first kappa shape index (κ1) is 19.1. The number of hydrogen-bond acceptors (Lipinski definition) is 5. The fourth-order valence-electron chi connectivity index (χ4n) is 3.29. The fraction of sp³-hybridized carbons (Fsp3) is 0.318. The summed E-state index contributed by atoms with van der Waals surface area (Å²) in [7, 11) is 0. The highest BCUT2D eigenvalue weighted by molar-refractivity contribution is 5.87. The van der Waals surface area contributed by atoms with E-state index in [2.05, 4.69) is 15.3 Å². The number of rotatable bonds is 6. The van der Waals surface area contributed by atoms with Gasteiger partial charge in [-0.05, 0) is 50.2 Å². The maximum atomic E-state index is 14.5. The van der Waals surface area contributed by atoms with E-state index in [1.165, 1.54) is 6.07 Å². The maximum absolute atomic E-state index is 14.5. The zero-order valence-electron chi connectivity index (χ0n) is 16.3. The van der Waals surface area contributed by atoms with Crippen LogP contribution in [0.15, 0.2) is 42.6 Å². The molecule has 0 bridgehead atoms. The summed E-state index contributed by atoms with van der Waals surface area (Å²) in [6, 6.07) is 10.3. The quantitative estimate of drug-likeness (QED) is 0.688. The van der Waals surface area contributed by atoms with Gasteiger partial charge in [-0.25, -0.2) is 9.37 Å². The van der Waals surface area contributed by atoms with Gasteiger partial charge < -0.3 is 14.8 Å². The first-order valence-corrected chi connectivity index (χ1v) is 9.61. The summed E-state index contributed by atoms with van der Waals surface area (Å²) in [5, 5.41) is 3.57. The average Bonchev–Trinajstić information content (AvgIpc) is 3.12. The van der Waals surface area contributed by atoms with Crippen molar-refractivity contribution in [1.29, 1.82) is 0 Å². The number of hydrogen-bond donors (Lipinski definition) is 1. The summed E-state index contributed by atoms with van der Waals surface area (Å²) in [5.41, 5.74) is 1.87. The normalized spacial score (nSPS) is 16.3. The molecule has 4 rings (SSSR count). The average molecular weight is 395 g/mol. The van der Waals surface area contributed by atoms with Crippen LogP contribution in [0.3, 0.4) is 0 Å². The van der Waals surface area contributed by atoms with Gasteiger partial charge in [0.1, 0.15) is 0 Å². The summed E-state index contributed by atoms with van der Waals surface area (Å²) < 4.78 is 25.9. The van der Waals surface area contributed by atoms with Crippen molar-refractivity contribution >= 4 is 16.8 Å². The third kappa shape index (κ3) is 4.29.